The third-order valence-electron chi connectivity index (χ3n) is 2.10. The van der Waals surface area contributed by atoms with Crippen molar-refractivity contribution in [2.45, 2.75) is 6.92 Å². The number of halogens is 2. The number of nitrogens with zero attached hydrogens (tertiary/aromatic N) is 2. The summed E-state index contributed by atoms with van der Waals surface area (Å²) in [4.78, 5) is 15.5. The molecular weight excluding hydrogens is 258 g/mol. The fourth-order valence-corrected chi connectivity index (χ4v) is 1.36. The lowest BCUT2D eigenvalue weighted by molar-refractivity contribution is 0.102. The van der Waals surface area contributed by atoms with Crippen LogP contribution in [0.3, 0.4) is 0 Å². The van der Waals surface area contributed by atoms with Gasteiger partial charge < -0.3 is 4.74 Å². The monoisotopic (exact) mass is 268 g/mol. The summed E-state index contributed by atoms with van der Waals surface area (Å²) >= 11 is 0. The van der Waals surface area contributed by atoms with Crippen molar-refractivity contribution >= 4 is 11.9 Å². The molecule has 100 valence electrons. The van der Waals surface area contributed by atoms with Crippen LogP contribution < -0.4 is 10.1 Å². The van der Waals surface area contributed by atoms with E-state index < -0.39 is 17.5 Å². The van der Waals surface area contributed by atoms with Gasteiger partial charge in [0.15, 0.2) is 0 Å². The van der Waals surface area contributed by atoms with Crippen molar-refractivity contribution < 1.29 is 18.3 Å². The Morgan fingerprint density at radius 2 is 2.05 bits per heavy atom. The zero-order chi connectivity index (χ0) is 13.8. The van der Waals surface area contributed by atoms with E-state index in [2.05, 4.69) is 20.5 Å². The number of nitrogens with one attached hydrogen (secondary N) is 2. The first kappa shape index (κ1) is 12.9. The van der Waals surface area contributed by atoms with E-state index in [-0.39, 0.29) is 17.5 Å². The smallest absolute Gasteiger partial charge is 0.337 e. The molecule has 0 spiro atoms. The third-order valence-corrected chi connectivity index (χ3v) is 2.10. The zero-order valence-corrected chi connectivity index (χ0v) is 9.91. The Labute approximate surface area is 106 Å². The molecule has 19 heavy (non-hydrogen) atoms. The Kier molecular flexibility index (Phi) is 3.69. The number of aromatic nitrogens is 3. The number of hydrogen-bond donors (Lipinski definition) is 2. The maximum atomic E-state index is 13.0. The molecule has 0 fully saturated rings. The summed E-state index contributed by atoms with van der Waals surface area (Å²) in [6.45, 7) is 2.13. The molecule has 1 heterocycles. The molecule has 0 atom stereocenters. The second-order valence-corrected chi connectivity index (χ2v) is 3.51. The summed E-state index contributed by atoms with van der Waals surface area (Å²) in [6, 6.07) is 2.58. The maximum absolute atomic E-state index is 13.0. The Morgan fingerprint density at radius 3 is 2.68 bits per heavy atom. The molecule has 0 radical (unpaired) electrons. The molecule has 0 aliphatic heterocycles. The first-order valence-electron chi connectivity index (χ1n) is 5.41. The van der Waals surface area contributed by atoms with Gasteiger partial charge in [-0.25, -0.2) is 13.9 Å². The minimum atomic E-state index is -0.835. The van der Waals surface area contributed by atoms with Gasteiger partial charge in [0.05, 0.1) is 6.61 Å². The number of aromatic amines is 1. The molecule has 1 aromatic heterocycles. The predicted octanol–water partition coefficient (Wildman–Crippen LogP) is 1.73. The lowest BCUT2D eigenvalue weighted by Crippen LogP contribution is -2.13. The van der Waals surface area contributed by atoms with Gasteiger partial charge in [0, 0.05) is 11.6 Å². The normalized spacial score (nSPS) is 10.3. The standard InChI is InChI=1S/C11H10F2N4O2/c1-2-19-11-15-10(16-17-11)14-9(18)6-3-7(12)5-8(13)4-6/h3-5H,2H2,1H3,(H2,14,15,16,17,18). The van der Waals surface area contributed by atoms with Gasteiger partial charge in [-0.3, -0.25) is 10.1 Å². The van der Waals surface area contributed by atoms with Gasteiger partial charge in [0.25, 0.3) is 5.91 Å². The lowest BCUT2D eigenvalue weighted by atomic mass is 10.2. The van der Waals surface area contributed by atoms with Crippen LogP contribution in [0.15, 0.2) is 18.2 Å². The summed E-state index contributed by atoms with van der Waals surface area (Å²) < 4.78 is 30.9. The summed E-state index contributed by atoms with van der Waals surface area (Å²) in [7, 11) is 0. The van der Waals surface area contributed by atoms with Crippen LogP contribution in [0.25, 0.3) is 0 Å². The molecule has 2 N–H and O–H groups in total. The summed E-state index contributed by atoms with van der Waals surface area (Å²) in [5, 5.41) is 8.39. The Balaban J connectivity index is 2.11. The first-order valence-corrected chi connectivity index (χ1v) is 5.41. The molecule has 0 unspecified atom stereocenters. The van der Waals surface area contributed by atoms with Crippen molar-refractivity contribution in [1.82, 2.24) is 15.2 Å². The largest absolute Gasteiger partial charge is 0.463 e. The summed E-state index contributed by atoms with van der Waals surface area (Å²) in [6.07, 6.45) is 0. The summed E-state index contributed by atoms with van der Waals surface area (Å²) in [5.41, 5.74) is -0.160. The van der Waals surface area contributed by atoms with Crippen LogP contribution in [-0.2, 0) is 0 Å². The molecule has 0 saturated heterocycles. The number of ether oxygens (including phenoxy) is 1. The number of benzene rings is 1. The number of amides is 1. The Hall–Kier alpha value is -2.51. The second-order valence-electron chi connectivity index (χ2n) is 3.51. The van der Waals surface area contributed by atoms with Crippen molar-refractivity contribution in [2.75, 3.05) is 11.9 Å². The highest BCUT2D eigenvalue weighted by Gasteiger charge is 2.12. The van der Waals surface area contributed by atoms with Crippen LogP contribution in [-0.4, -0.2) is 27.7 Å². The van der Waals surface area contributed by atoms with E-state index >= 15 is 0 Å². The van der Waals surface area contributed by atoms with Gasteiger partial charge in [-0.1, -0.05) is 0 Å². The van der Waals surface area contributed by atoms with E-state index in [0.717, 1.165) is 12.1 Å². The highest BCUT2D eigenvalue weighted by molar-refractivity contribution is 6.03. The van der Waals surface area contributed by atoms with Crippen molar-refractivity contribution in [3.05, 3.63) is 35.4 Å². The Bertz CT molecular complexity index is 580. The predicted molar refractivity (Wildman–Crippen MR) is 61.9 cm³/mol. The quantitative estimate of drug-likeness (QED) is 0.885. The van der Waals surface area contributed by atoms with Gasteiger partial charge in [0.2, 0.25) is 5.95 Å². The van der Waals surface area contributed by atoms with Gasteiger partial charge >= 0.3 is 6.01 Å². The maximum Gasteiger partial charge on any atom is 0.337 e. The van der Waals surface area contributed by atoms with E-state index in [0.29, 0.717) is 12.7 Å². The first-order chi connectivity index (χ1) is 9.08. The number of rotatable bonds is 4. The summed E-state index contributed by atoms with van der Waals surface area (Å²) in [5.74, 6) is -2.36. The number of anilines is 1. The highest BCUT2D eigenvalue weighted by Crippen LogP contribution is 2.11. The number of hydrogen-bond acceptors (Lipinski definition) is 4. The van der Waals surface area contributed by atoms with Gasteiger partial charge in [-0.05, 0) is 19.1 Å². The van der Waals surface area contributed by atoms with E-state index in [1.165, 1.54) is 0 Å². The number of H-pyrrole nitrogens is 1. The van der Waals surface area contributed by atoms with Crippen molar-refractivity contribution in [3.63, 3.8) is 0 Å². The van der Waals surface area contributed by atoms with Crippen LogP contribution in [0.2, 0.25) is 0 Å². The topological polar surface area (TPSA) is 79.9 Å². The molecule has 1 aromatic carbocycles. The molecule has 1 amide bonds. The van der Waals surface area contributed by atoms with Crippen LogP contribution in [0, 0.1) is 11.6 Å². The van der Waals surface area contributed by atoms with Crippen LogP contribution >= 0.6 is 0 Å². The average Bonchev–Trinajstić information content (AvgIpc) is 2.76. The molecule has 6 nitrogen and oxygen atoms in total. The van der Waals surface area contributed by atoms with Gasteiger partial charge in [-0.15, -0.1) is 5.10 Å². The fourth-order valence-electron chi connectivity index (χ4n) is 1.36. The molecule has 0 aliphatic carbocycles. The number of carbonyl (C=O) groups is 1. The zero-order valence-electron chi connectivity index (χ0n) is 9.91. The van der Waals surface area contributed by atoms with Crippen molar-refractivity contribution in [2.24, 2.45) is 0 Å². The average molecular weight is 268 g/mol. The molecule has 0 bridgehead atoms. The molecule has 0 aliphatic rings. The molecule has 2 rings (SSSR count). The van der Waals surface area contributed by atoms with E-state index in [1.807, 2.05) is 0 Å². The minimum absolute atomic E-state index is 0.0260. The van der Waals surface area contributed by atoms with Crippen LogP contribution in [0.1, 0.15) is 17.3 Å². The van der Waals surface area contributed by atoms with E-state index in [1.54, 1.807) is 6.92 Å². The van der Waals surface area contributed by atoms with Gasteiger partial charge in [-0.2, -0.15) is 4.98 Å². The minimum Gasteiger partial charge on any atom is -0.463 e. The highest BCUT2D eigenvalue weighted by atomic mass is 19.1. The molecule has 8 heteroatoms. The Morgan fingerprint density at radius 1 is 1.37 bits per heavy atom. The van der Waals surface area contributed by atoms with Crippen LogP contribution in [0.4, 0.5) is 14.7 Å². The van der Waals surface area contributed by atoms with Crippen molar-refractivity contribution in [1.29, 1.82) is 0 Å². The molecule has 2 aromatic rings. The van der Waals surface area contributed by atoms with E-state index in [9.17, 15) is 13.6 Å². The lowest BCUT2D eigenvalue weighted by Gasteiger charge is -2.01. The number of carbonyl (C=O) groups excluding carboxylic acids is 1. The molecule has 0 saturated carbocycles. The fraction of sp³-hybridized carbons (Fsp3) is 0.182. The van der Waals surface area contributed by atoms with Gasteiger partial charge in [0.1, 0.15) is 11.6 Å². The van der Waals surface area contributed by atoms with E-state index in [4.69, 9.17) is 4.74 Å². The van der Waals surface area contributed by atoms with Crippen LogP contribution in [0.5, 0.6) is 6.01 Å². The van der Waals surface area contributed by atoms with Crippen molar-refractivity contribution in [3.8, 4) is 6.01 Å². The SMILES string of the molecule is CCOc1n[nH]c(NC(=O)c2cc(F)cc(F)c2)n1. The molecular formula is C11H10F2N4O2. The second kappa shape index (κ2) is 5.42. The third kappa shape index (κ3) is 3.24.